The van der Waals surface area contributed by atoms with Crippen molar-refractivity contribution in [2.24, 2.45) is 0 Å². The van der Waals surface area contributed by atoms with Gasteiger partial charge in [0.15, 0.2) is 5.65 Å². The third-order valence-electron chi connectivity index (χ3n) is 6.32. The fourth-order valence-electron chi connectivity index (χ4n) is 4.45. The molecule has 0 bridgehead atoms. The van der Waals surface area contributed by atoms with E-state index in [4.69, 9.17) is 14.7 Å². The monoisotopic (exact) mass is 508 g/mol. The molecule has 0 aliphatic heterocycles. The summed E-state index contributed by atoms with van der Waals surface area (Å²) in [4.78, 5) is 9.78. The SMILES string of the molecule is COc1ccc2c(c1)C=C(c1nc3c(-c4ccc(-c5ccccc5)nc4)cnn3c(C)c1Br)C2. The summed E-state index contributed by atoms with van der Waals surface area (Å²) in [7, 11) is 1.69. The summed E-state index contributed by atoms with van der Waals surface area (Å²) in [6, 6.07) is 20.5. The number of rotatable bonds is 4. The van der Waals surface area contributed by atoms with Crippen LogP contribution in [-0.4, -0.2) is 26.7 Å². The highest BCUT2D eigenvalue weighted by molar-refractivity contribution is 9.10. The quantitative estimate of drug-likeness (QED) is 0.273. The van der Waals surface area contributed by atoms with Crippen LogP contribution in [0.25, 0.3) is 39.7 Å². The van der Waals surface area contributed by atoms with Gasteiger partial charge in [0.05, 0.1) is 34.9 Å². The van der Waals surface area contributed by atoms with Crippen molar-refractivity contribution in [1.82, 2.24) is 19.6 Å². The number of pyridine rings is 1. The van der Waals surface area contributed by atoms with Crippen LogP contribution < -0.4 is 4.74 Å². The van der Waals surface area contributed by atoms with Gasteiger partial charge in [-0.3, -0.25) is 4.98 Å². The van der Waals surface area contributed by atoms with E-state index in [1.165, 1.54) is 16.7 Å². The zero-order valence-corrected chi connectivity index (χ0v) is 20.4. The molecule has 0 atom stereocenters. The van der Waals surface area contributed by atoms with Crippen LogP contribution in [-0.2, 0) is 6.42 Å². The van der Waals surface area contributed by atoms with E-state index in [9.17, 15) is 0 Å². The molecular formula is C28H21BrN4O. The number of aromatic nitrogens is 4. The normalized spacial score (nSPS) is 12.6. The van der Waals surface area contributed by atoms with E-state index in [2.05, 4.69) is 64.4 Å². The van der Waals surface area contributed by atoms with Crippen LogP contribution in [0.3, 0.4) is 0 Å². The molecule has 0 spiro atoms. The van der Waals surface area contributed by atoms with E-state index in [1.807, 2.05) is 47.2 Å². The molecule has 6 heteroatoms. The Bertz CT molecular complexity index is 1570. The average molecular weight is 509 g/mol. The van der Waals surface area contributed by atoms with Crippen molar-refractivity contribution < 1.29 is 4.74 Å². The lowest BCUT2D eigenvalue weighted by Gasteiger charge is -2.11. The average Bonchev–Trinajstić information content (AvgIpc) is 3.50. The van der Waals surface area contributed by atoms with Gasteiger partial charge in [0.25, 0.3) is 0 Å². The molecule has 0 N–H and O–H groups in total. The second-order valence-electron chi connectivity index (χ2n) is 8.36. The summed E-state index contributed by atoms with van der Waals surface area (Å²) >= 11 is 3.78. The molecule has 1 aliphatic rings. The minimum Gasteiger partial charge on any atom is -0.497 e. The smallest absolute Gasteiger partial charge is 0.163 e. The maximum absolute atomic E-state index is 5.40. The van der Waals surface area contributed by atoms with Crippen molar-refractivity contribution in [1.29, 1.82) is 0 Å². The van der Waals surface area contributed by atoms with Gasteiger partial charge < -0.3 is 4.74 Å². The summed E-state index contributed by atoms with van der Waals surface area (Å²) in [5.74, 6) is 0.861. The van der Waals surface area contributed by atoms with Crippen LogP contribution in [0, 0.1) is 6.92 Å². The summed E-state index contributed by atoms with van der Waals surface area (Å²) in [5.41, 5.74) is 10.4. The number of hydrogen-bond donors (Lipinski definition) is 0. The highest BCUT2D eigenvalue weighted by Crippen LogP contribution is 2.38. The Labute approximate surface area is 205 Å². The molecule has 0 amide bonds. The molecule has 5 nitrogen and oxygen atoms in total. The number of halogens is 1. The molecule has 0 saturated carbocycles. The van der Waals surface area contributed by atoms with Crippen molar-refractivity contribution in [3.05, 3.63) is 100 Å². The van der Waals surface area contributed by atoms with Gasteiger partial charge in [-0.15, -0.1) is 0 Å². The lowest BCUT2D eigenvalue weighted by atomic mass is 10.1. The molecule has 2 aromatic carbocycles. The standard InChI is InChI=1S/C28H21BrN4O/c1-17-26(29)27(22-12-19-8-10-23(34-2)14-21(19)13-22)32-28-24(16-31-33(17)28)20-9-11-25(30-15-20)18-6-4-3-5-7-18/h3-11,13-16H,12H2,1-2H3. The van der Waals surface area contributed by atoms with E-state index in [-0.39, 0.29) is 0 Å². The zero-order chi connectivity index (χ0) is 23.2. The van der Waals surface area contributed by atoms with Crippen molar-refractivity contribution in [3.63, 3.8) is 0 Å². The minimum absolute atomic E-state index is 0.819. The van der Waals surface area contributed by atoms with E-state index >= 15 is 0 Å². The van der Waals surface area contributed by atoms with Crippen LogP contribution in [0.4, 0.5) is 0 Å². The predicted octanol–water partition coefficient (Wildman–Crippen LogP) is 6.63. The Kier molecular flexibility index (Phi) is 5.03. The van der Waals surface area contributed by atoms with Gasteiger partial charge >= 0.3 is 0 Å². The maximum Gasteiger partial charge on any atom is 0.163 e. The number of methoxy groups -OCH3 is 1. The Morgan fingerprint density at radius 1 is 0.971 bits per heavy atom. The van der Waals surface area contributed by atoms with Crippen LogP contribution in [0.5, 0.6) is 5.75 Å². The predicted molar refractivity (Wildman–Crippen MR) is 139 cm³/mol. The zero-order valence-electron chi connectivity index (χ0n) is 18.8. The first kappa shape index (κ1) is 20.8. The van der Waals surface area contributed by atoms with Gasteiger partial charge in [0.1, 0.15) is 5.75 Å². The summed E-state index contributed by atoms with van der Waals surface area (Å²) in [6.45, 7) is 2.06. The van der Waals surface area contributed by atoms with E-state index in [0.29, 0.717) is 0 Å². The second kappa shape index (κ2) is 8.22. The number of fused-ring (bicyclic) bond motifs is 2. The van der Waals surface area contributed by atoms with Crippen LogP contribution in [0.2, 0.25) is 0 Å². The molecule has 6 rings (SSSR count). The van der Waals surface area contributed by atoms with E-state index in [0.717, 1.165) is 56.1 Å². The molecule has 166 valence electrons. The fourth-order valence-corrected chi connectivity index (χ4v) is 4.97. The van der Waals surface area contributed by atoms with Crippen LogP contribution in [0.15, 0.2) is 77.5 Å². The van der Waals surface area contributed by atoms with Crippen LogP contribution >= 0.6 is 15.9 Å². The molecule has 34 heavy (non-hydrogen) atoms. The lowest BCUT2D eigenvalue weighted by Crippen LogP contribution is -2.03. The minimum atomic E-state index is 0.819. The topological polar surface area (TPSA) is 52.3 Å². The molecule has 0 saturated heterocycles. The first-order valence-corrected chi connectivity index (χ1v) is 11.8. The molecule has 0 unspecified atom stereocenters. The Balaban J connectivity index is 1.43. The van der Waals surface area contributed by atoms with Crippen molar-refractivity contribution in [3.8, 4) is 28.1 Å². The lowest BCUT2D eigenvalue weighted by molar-refractivity contribution is 0.414. The molecule has 0 fully saturated rings. The van der Waals surface area contributed by atoms with Gasteiger partial charge in [-0.1, -0.05) is 42.5 Å². The maximum atomic E-state index is 5.40. The van der Waals surface area contributed by atoms with E-state index in [1.54, 1.807) is 7.11 Å². The highest BCUT2D eigenvalue weighted by atomic mass is 79.9. The molecule has 0 radical (unpaired) electrons. The van der Waals surface area contributed by atoms with Crippen molar-refractivity contribution in [2.75, 3.05) is 7.11 Å². The molecular weight excluding hydrogens is 488 g/mol. The van der Waals surface area contributed by atoms with Gasteiger partial charge in [-0.05, 0) is 63.8 Å². The molecule has 3 heterocycles. The Morgan fingerprint density at radius 2 is 1.82 bits per heavy atom. The van der Waals surface area contributed by atoms with Gasteiger partial charge in [0, 0.05) is 29.3 Å². The van der Waals surface area contributed by atoms with Gasteiger partial charge in [-0.25, -0.2) is 9.50 Å². The number of hydrogen-bond acceptors (Lipinski definition) is 4. The first-order chi connectivity index (χ1) is 16.6. The summed E-state index contributed by atoms with van der Waals surface area (Å²) in [6.07, 6.45) is 6.80. The Hall–Kier alpha value is -3.77. The van der Waals surface area contributed by atoms with E-state index < -0.39 is 0 Å². The third kappa shape index (κ3) is 3.42. The summed E-state index contributed by atoms with van der Waals surface area (Å²) in [5, 5.41) is 4.63. The number of allylic oxidation sites excluding steroid dienone is 1. The number of ether oxygens (including phenoxy) is 1. The van der Waals surface area contributed by atoms with Crippen molar-refractivity contribution in [2.45, 2.75) is 13.3 Å². The largest absolute Gasteiger partial charge is 0.497 e. The molecule has 5 aromatic rings. The Morgan fingerprint density at radius 3 is 2.59 bits per heavy atom. The third-order valence-corrected chi connectivity index (χ3v) is 7.27. The highest BCUT2D eigenvalue weighted by Gasteiger charge is 2.22. The fraction of sp³-hybridized carbons (Fsp3) is 0.107. The number of nitrogens with zero attached hydrogens (tertiary/aromatic N) is 4. The van der Waals surface area contributed by atoms with Crippen LogP contribution in [0.1, 0.15) is 22.5 Å². The number of benzene rings is 2. The first-order valence-electron chi connectivity index (χ1n) is 11.1. The summed E-state index contributed by atoms with van der Waals surface area (Å²) < 4.78 is 8.25. The van der Waals surface area contributed by atoms with Gasteiger partial charge in [-0.2, -0.15) is 5.10 Å². The second-order valence-corrected chi connectivity index (χ2v) is 9.16. The van der Waals surface area contributed by atoms with Crippen molar-refractivity contribution >= 4 is 33.2 Å². The number of aryl methyl sites for hydroxylation is 1. The molecule has 3 aromatic heterocycles. The van der Waals surface area contributed by atoms with Gasteiger partial charge in [0.2, 0.25) is 0 Å². The molecule has 1 aliphatic carbocycles.